The first-order chi connectivity index (χ1) is 10.5. The van der Waals surface area contributed by atoms with Crippen LogP contribution in [0.4, 0.5) is 0 Å². The third kappa shape index (κ3) is 4.52. The number of nitrogens with one attached hydrogen (secondary N) is 2. The van der Waals surface area contributed by atoms with Crippen LogP contribution in [0, 0.1) is 20.8 Å². The van der Waals surface area contributed by atoms with E-state index in [4.69, 9.17) is 17.0 Å². The van der Waals surface area contributed by atoms with E-state index in [1.807, 2.05) is 6.92 Å². The Hall–Kier alpha value is -1.46. The molecule has 0 bridgehead atoms. The lowest BCUT2D eigenvalue weighted by molar-refractivity contribution is 0.114. The van der Waals surface area contributed by atoms with Gasteiger partial charge in [0.1, 0.15) is 0 Å². The van der Waals surface area contributed by atoms with Crippen molar-refractivity contribution in [3.05, 3.63) is 34.4 Å². The Labute approximate surface area is 138 Å². The van der Waals surface area contributed by atoms with Gasteiger partial charge in [-0.05, 0) is 63.9 Å². The molecular formula is C17H25N3OS. The summed E-state index contributed by atoms with van der Waals surface area (Å²) in [6.07, 6.45) is 2.50. The minimum Gasteiger partial charge on any atom is -0.376 e. The lowest BCUT2D eigenvalue weighted by Crippen LogP contribution is -2.37. The van der Waals surface area contributed by atoms with Crippen molar-refractivity contribution in [1.29, 1.82) is 0 Å². The fourth-order valence-electron chi connectivity index (χ4n) is 2.99. The summed E-state index contributed by atoms with van der Waals surface area (Å²) in [7, 11) is 0. The maximum atomic E-state index is 5.56. The van der Waals surface area contributed by atoms with Crippen LogP contribution in [0.3, 0.4) is 0 Å². The molecule has 0 radical (unpaired) electrons. The number of hydrogen-bond donors (Lipinski definition) is 2. The second kappa shape index (κ2) is 7.70. The van der Waals surface area contributed by atoms with Gasteiger partial charge in [0.2, 0.25) is 0 Å². The average Bonchev–Trinajstić information content (AvgIpc) is 2.95. The molecule has 1 aliphatic heterocycles. The number of benzene rings is 1. The standard InChI is InChI=1S/C17H25N3OS/c1-11-8-12(2)16(13(3)9-11)14(4)19-20-17(22)18-10-15-6-5-7-21-15/h8-9,15H,5-7,10H2,1-4H3,(H2,18,20,22)/b19-14-/t15-/m1/s1. The van der Waals surface area contributed by atoms with Crippen LogP contribution < -0.4 is 10.7 Å². The smallest absolute Gasteiger partial charge is 0.187 e. The molecule has 0 aromatic heterocycles. The average molecular weight is 319 g/mol. The van der Waals surface area contributed by atoms with Gasteiger partial charge in [-0.25, -0.2) is 0 Å². The molecule has 1 atom stereocenters. The maximum absolute atomic E-state index is 5.56. The Morgan fingerprint density at radius 3 is 2.59 bits per heavy atom. The highest BCUT2D eigenvalue weighted by Gasteiger charge is 2.15. The van der Waals surface area contributed by atoms with Crippen LogP contribution in [-0.2, 0) is 4.74 Å². The Morgan fingerprint density at radius 1 is 1.32 bits per heavy atom. The van der Waals surface area contributed by atoms with E-state index in [0.29, 0.717) is 5.11 Å². The van der Waals surface area contributed by atoms with Gasteiger partial charge in [-0.15, -0.1) is 0 Å². The summed E-state index contributed by atoms with van der Waals surface area (Å²) >= 11 is 5.26. The molecule has 4 nitrogen and oxygen atoms in total. The van der Waals surface area contributed by atoms with Crippen molar-refractivity contribution in [2.75, 3.05) is 13.2 Å². The first-order valence-corrected chi connectivity index (χ1v) is 8.16. The zero-order chi connectivity index (χ0) is 16.1. The second-order valence-corrected chi connectivity index (χ2v) is 6.34. The predicted octanol–water partition coefficient (Wildman–Crippen LogP) is 2.98. The number of rotatable bonds is 4. The van der Waals surface area contributed by atoms with Gasteiger partial charge in [0.15, 0.2) is 5.11 Å². The highest BCUT2D eigenvalue weighted by Crippen LogP contribution is 2.17. The second-order valence-electron chi connectivity index (χ2n) is 5.93. The molecule has 1 heterocycles. The normalized spacial score (nSPS) is 18.4. The summed E-state index contributed by atoms with van der Waals surface area (Å²) in [5, 5.41) is 8.11. The molecule has 2 rings (SSSR count). The molecule has 1 fully saturated rings. The van der Waals surface area contributed by atoms with Crippen LogP contribution in [0.5, 0.6) is 0 Å². The molecule has 2 N–H and O–H groups in total. The Bertz CT molecular complexity index is 554. The van der Waals surface area contributed by atoms with E-state index in [1.54, 1.807) is 0 Å². The quantitative estimate of drug-likeness (QED) is 0.509. The Balaban J connectivity index is 1.93. The summed E-state index contributed by atoms with van der Waals surface area (Å²) in [6, 6.07) is 4.35. The molecule has 1 aliphatic rings. The first-order valence-electron chi connectivity index (χ1n) is 7.75. The molecule has 0 saturated carbocycles. The monoisotopic (exact) mass is 319 g/mol. The molecule has 1 aromatic carbocycles. The number of thiocarbonyl (C=S) groups is 1. The summed E-state index contributed by atoms with van der Waals surface area (Å²) in [4.78, 5) is 0. The van der Waals surface area contributed by atoms with Gasteiger partial charge < -0.3 is 10.1 Å². The van der Waals surface area contributed by atoms with Gasteiger partial charge in [-0.1, -0.05) is 17.7 Å². The highest BCUT2D eigenvalue weighted by atomic mass is 32.1. The number of aryl methyl sites for hydroxylation is 3. The summed E-state index contributed by atoms with van der Waals surface area (Å²) in [6.45, 7) is 9.93. The van der Waals surface area contributed by atoms with Crippen LogP contribution in [-0.4, -0.2) is 30.1 Å². The summed E-state index contributed by atoms with van der Waals surface area (Å²) < 4.78 is 5.56. The van der Waals surface area contributed by atoms with Crippen molar-refractivity contribution in [1.82, 2.24) is 10.7 Å². The van der Waals surface area contributed by atoms with E-state index in [9.17, 15) is 0 Å². The van der Waals surface area contributed by atoms with Crippen LogP contribution in [0.15, 0.2) is 17.2 Å². The molecular weight excluding hydrogens is 294 g/mol. The van der Waals surface area contributed by atoms with E-state index < -0.39 is 0 Å². The minimum absolute atomic E-state index is 0.270. The molecule has 120 valence electrons. The van der Waals surface area contributed by atoms with Gasteiger partial charge in [0, 0.05) is 18.7 Å². The molecule has 0 amide bonds. The van der Waals surface area contributed by atoms with Crippen molar-refractivity contribution in [3.63, 3.8) is 0 Å². The minimum atomic E-state index is 0.270. The van der Waals surface area contributed by atoms with E-state index in [-0.39, 0.29) is 6.10 Å². The fraction of sp³-hybridized carbons (Fsp3) is 0.529. The van der Waals surface area contributed by atoms with Crippen molar-refractivity contribution in [2.24, 2.45) is 5.10 Å². The summed E-state index contributed by atoms with van der Waals surface area (Å²) in [5.74, 6) is 0. The third-order valence-electron chi connectivity index (χ3n) is 3.88. The van der Waals surface area contributed by atoms with Gasteiger partial charge in [-0.2, -0.15) is 5.10 Å². The van der Waals surface area contributed by atoms with E-state index in [2.05, 4.69) is 48.7 Å². The first kappa shape index (κ1) is 16.9. The lowest BCUT2D eigenvalue weighted by Gasteiger charge is -2.14. The zero-order valence-corrected chi connectivity index (χ0v) is 14.6. The zero-order valence-electron chi connectivity index (χ0n) is 13.8. The largest absolute Gasteiger partial charge is 0.376 e. The topological polar surface area (TPSA) is 45.7 Å². The number of hydrazone groups is 1. The van der Waals surface area contributed by atoms with Gasteiger partial charge in [-0.3, -0.25) is 5.43 Å². The lowest BCUT2D eigenvalue weighted by atomic mass is 9.97. The van der Waals surface area contributed by atoms with Crippen molar-refractivity contribution in [3.8, 4) is 0 Å². The van der Waals surface area contributed by atoms with Crippen molar-refractivity contribution in [2.45, 2.75) is 46.6 Å². The van der Waals surface area contributed by atoms with Crippen LogP contribution >= 0.6 is 12.2 Å². The number of hydrogen-bond acceptors (Lipinski definition) is 3. The van der Waals surface area contributed by atoms with Crippen LogP contribution in [0.2, 0.25) is 0 Å². The molecule has 1 saturated heterocycles. The van der Waals surface area contributed by atoms with E-state index in [1.165, 1.54) is 22.3 Å². The Morgan fingerprint density at radius 2 is 2.00 bits per heavy atom. The van der Waals surface area contributed by atoms with E-state index >= 15 is 0 Å². The van der Waals surface area contributed by atoms with Crippen LogP contribution in [0.25, 0.3) is 0 Å². The third-order valence-corrected chi connectivity index (χ3v) is 4.11. The highest BCUT2D eigenvalue weighted by molar-refractivity contribution is 7.80. The molecule has 0 unspecified atom stereocenters. The summed E-state index contributed by atoms with van der Waals surface area (Å²) in [5.41, 5.74) is 8.79. The molecule has 22 heavy (non-hydrogen) atoms. The number of nitrogens with zero attached hydrogens (tertiary/aromatic N) is 1. The van der Waals surface area contributed by atoms with Gasteiger partial charge >= 0.3 is 0 Å². The number of ether oxygens (including phenoxy) is 1. The van der Waals surface area contributed by atoms with E-state index in [0.717, 1.165) is 31.7 Å². The molecule has 0 spiro atoms. The van der Waals surface area contributed by atoms with Crippen LogP contribution in [0.1, 0.15) is 42.0 Å². The fourth-order valence-corrected chi connectivity index (χ4v) is 3.12. The van der Waals surface area contributed by atoms with Gasteiger partial charge in [0.25, 0.3) is 0 Å². The molecule has 1 aromatic rings. The molecule has 0 aliphatic carbocycles. The maximum Gasteiger partial charge on any atom is 0.187 e. The van der Waals surface area contributed by atoms with Gasteiger partial charge in [0.05, 0.1) is 11.8 Å². The predicted molar refractivity (Wildman–Crippen MR) is 95.6 cm³/mol. The van der Waals surface area contributed by atoms with Crippen molar-refractivity contribution >= 4 is 23.0 Å². The SMILES string of the molecule is C/C(=N/NC(=S)NC[C@H]1CCCO1)c1c(C)cc(C)cc1C. The van der Waals surface area contributed by atoms with Crippen molar-refractivity contribution < 1.29 is 4.74 Å². The molecule has 5 heteroatoms. The Kier molecular flexibility index (Phi) is 5.91.